The SMILES string of the molecule is CCOc1cc(CC2=C(c3ccc4nsnc4c3)C(=O)OC2(O)c2ccc(OC)cc2)cc(OCC)c1OCC. The third-order valence-electron chi connectivity index (χ3n) is 6.53. The fourth-order valence-corrected chi connectivity index (χ4v) is 5.29. The summed E-state index contributed by atoms with van der Waals surface area (Å²) in [4.78, 5) is 13.5. The number of esters is 1. The van der Waals surface area contributed by atoms with E-state index in [1.165, 1.54) is 0 Å². The number of carbonyl (C=O) groups excluding carboxylic acids is 1. The van der Waals surface area contributed by atoms with E-state index < -0.39 is 11.8 Å². The maximum absolute atomic E-state index is 13.5. The standard InChI is InChI=1S/C30H30N2O7S/c1-5-36-25-15-18(16-26(37-6-2)28(25)38-7-3)14-22-27(19-8-13-23-24(17-19)32-40-31-23)29(33)39-30(22,34)20-9-11-21(35-4)12-10-20/h8-13,15-17,34H,5-7,14H2,1-4H3. The first kappa shape index (κ1) is 27.4. The second-order valence-electron chi connectivity index (χ2n) is 8.98. The zero-order chi connectivity index (χ0) is 28.3. The van der Waals surface area contributed by atoms with Crippen LogP contribution < -0.4 is 18.9 Å². The van der Waals surface area contributed by atoms with Crippen molar-refractivity contribution in [3.05, 3.63) is 76.9 Å². The average molecular weight is 563 g/mol. The van der Waals surface area contributed by atoms with E-state index in [4.69, 9.17) is 23.7 Å². The first-order valence-corrected chi connectivity index (χ1v) is 13.8. The third kappa shape index (κ3) is 5.07. The lowest BCUT2D eigenvalue weighted by atomic mass is 9.88. The van der Waals surface area contributed by atoms with Gasteiger partial charge in [0.2, 0.25) is 5.75 Å². The largest absolute Gasteiger partial charge is 0.497 e. The molecule has 1 aromatic heterocycles. The molecule has 0 spiro atoms. The number of carbonyl (C=O) groups is 1. The second-order valence-corrected chi connectivity index (χ2v) is 9.51. The number of fused-ring (bicyclic) bond motifs is 1. The van der Waals surface area contributed by atoms with Gasteiger partial charge in [-0.1, -0.05) is 6.07 Å². The highest BCUT2D eigenvalue weighted by molar-refractivity contribution is 7.00. The average Bonchev–Trinajstić information content (AvgIpc) is 3.52. The van der Waals surface area contributed by atoms with Gasteiger partial charge in [0, 0.05) is 17.6 Å². The van der Waals surface area contributed by atoms with Crippen molar-refractivity contribution in [3.8, 4) is 23.0 Å². The Hall–Kier alpha value is -4.15. The van der Waals surface area contributed by atoms with Gasteiger partial charge in [0.15, 0.2) is 11.5 Å². The number of benzene rings is 3. The lowest BCUT2D eigenvalue weighted by Gasteiger charge is -2.26. The number of rotatable bonds is 11. The Morgan fingerprint density at radius 2 is 1.52 bits per heavy atom. The number of aromatic nitrogens is 2. The van der Waals surface area contributed by atoms with E-state index in [0.717, 1.165) is 22.8 Å². The molecular formula is C30H30N2O7S. The minimum Gasteiger partial charge on any atom is -0.497 e. The minimum absolute atomic E-state index is 0.156. The molecule has 0 fully saturated rings. The molecule has 9 nitrogen and oxygen atoms in total. The van der Waals surface area contributed by atoms with Gasteiger partial charge in [-0.2, -0.15) is 8.75 Å². The number of nitrogens with zero attached hydrogens (tertiary/aromatic N) is 2. The predicted octanol–water partition coefficient (Wildman–Crippen LogP) is 5.29. The molecular weight excluding hydrogens is 532 g/mol. The topological polar surface area (TPSA) is 109 Å². The Morgan fingerprint density at radius 1 is 0.875 bits per heavy atom. The summed E-state index contributed by atoms with van der Waals surface area (Å²) in [5.74, 6) is -0.518. The highest BCUT2D eigenvalue weighted by Gasteiger charge is 2.48. The lowest BCUT2D eigenvalue weighted by Crippen LogP contribution is -2.29. The summed E-state index contributed by atoms with van der Waals surface area (Å²) < 4.78 is 37.3. The van der Waals surface area contributed by atoms with Crippen molar-refractivity contribution >= 4 is 34.3 Å². The van der Waals surface area contributed by atoms with Crippen molar-refractivity contribution in [2.45, 2.75) is 33.0 Å². The van der Waals surface area contributed by atoms with Crippen molar-refractivity contribution in [1.29, 1.82) is 0 Å². The van der Waals surface area contributed by atoms with E-state index in [1.54, 1.807) is 49.6 Å². The van der Waals surface area contributed by atoms with Crippen LogP contribution in [0.25, 0.3) is 16.6 Å². The number of ether oxygens (including phenoxy) is 5. The second kappa shape index (κ2) is 11.5. The number of hydrogen-bond acceptors (Lipinski definition) is 10. The van der Waals surface area contributed by atoms with Crippen molar-refractivity contribution in [2.24, 2.45) is 0 Å². The van der Waals surface area contributed by atoms with E-state index in [0.29, 0.717) is 65.0 Å². The van der Waals surface area contributed by atoms with Crippen LogP contribution in [0, 0.1) is 0 Å². The van der Waals surface area contributed by atoms with Crippen LogP contribution in [0.5, 0.6) is 23.0 Å². The van der Waals surface area contributed by atoms with Crippen LogP contribution in [0.4, 0.5) is 0 Å². The van der Waals surface area contributed by atoms with Crippen LogP contribution in [0.3, 0.4) is 0 Å². The molecule has 1 N–H and O–H groups in total. The summed E-state index contributed by atoms with van der Waals surface area (Å²) in [5.41, 5.74) is 3.72. The van der Waals surface area contributed by atoms with Crippen molar-refractivity contribution in [3.63, 3.8) is 0 Å². The molecule has 1 unspecified atom stereocenters. The van der Waals surface area contributed by atoms with E-state index in [2.05, 4.69) is 8.75 Å². The van der Waals surface area contributed by atoms with Gasteiger partial charge in [0.25, 0.3) is 5.79 Å². The molecule has 10 heteroatoms. The molecule has 0 radical (unpaired) electrons. The Labute approximate surface area is 236 Å². The van der Waals surface area contributed by atoms with E-state index >= 15 is 0 Å². The lowest BCUT2D eigenvalue weighted by molar-refractivity contribution is -0.185. The fraction of sp³-hybridized carbons (Fsp3) is 0.300. The van der Waals surface area contributed by atoms with Gasteiger partial charge in [-0.05, 0) is 80.4 Å². The summed E-state index contributed by atoms with van der Waals surface area (Å²) in [6.45, 7) is 6.94. The molecule has 0 saturated carbocycles. The van der Waals surface area contributed by atoms with Gasteiger partial charge in [0.05, 0.1) is 44.2 Å². The van der Waals surface area contributed by atoms with E-state index in [-0.39, 0.29) is 12.0 Å². The summed E-state index contributed by atoms with van der Waals surface area (Å²) in [6.07, 6.45) is 0.156. The Bertz CT molecular complexity index is 1540. The number of hydrogen-bond donors (Lipinski definition) is 1. The first-order chi connectivity index (χ1) is 19.4. The summed E-state index contributed by atoms with van der Waals surface area (Å²) in [5, 5.41) is 12.1. The van der Waals surface area contributed by atoms with Crippen LogP contribution in [0.15, 0.2) is 60.2 Å². The molecule has 0 bridgehead atoms. The minimum atomic E-state index is -2.02. The van der Waals surface area contributed by atoms with Crippen LogP contribution in [-0.4, -0.2) is 46.8 Å². The van der Waals surface area contributed by atoms with Crippen molar-refractivity contribution < 1.29 is 33.6 Å². The first-order valence-electron chi connectivity index (χ1n) is 13.0. The van der Waals surface area contributed by atoms with Gasteiger partial charge in [0.1, 0.15) is 16.8 Å². The van der Waals surface area contributed by atoms with Gasteiger partial charge < -0.3 is 28.8 Å². The molecule has 5 rings (SSSR count). The zero-order valence-corrected chi connectivity index (χ0v) is 23.5. The molecule has 0 saturated heterocycles. The number of cyclic esters (lactones) is 1. The predicted molar refractivity (Wildman–Crippen MR) is 151 cm³/mol. The van der Waals surface area contributed by atoms with Crippen LogP contribution in [-0.2, 0) is 21.7 Å². The molecule has 3 aromatic carbocycles. The maximum atomic E-state index is 13.5. The molecule has 0 amide bonds. The van der Waals surface area contributed by atoms with Gasteiger partial charge in [-0.25, -0.2) is 4.79 Å². The van der Waals surface area contributed by atoms with Gasteiger partial charge in [-0.15, -0.1) is 0 Å². The molecule has 208 valence electrons. The molecule has 4 aromatic rings. The normalized spacial score (nSPS) is 16.8. The quantitative estimate of drug-likeness (QED) is 0.244. The summed E-state index contributed by atoms with van der Waals surface area (Å²) >= 11 is 1.09. The molecule has 1 aliphatic rings. The van der Waals surface area contributed by atoms with Crippen molar-refractivity contribution in [1.82, 2.24) is 8.75 Å². The van der Waals surface area contributed by atoms with Gasteiger partial charge in [-0.3, -0.25) is 0 Å². The molecule has 1 atom stereocenters. The summed E-state index contributed by atoms with van der Waals surface area (Å²) in [7, 11) is 1.56. The molecule has 1 aliphatic heterocycles. The Morgan fingerprint density at radius 3 is 2.15 bits per heavy atom. The number of methoxy groups -OCH3 is 1. The Kier molecular flexibility index (Phi) is 7.90. The molecule has 0 aliphatic carbocycles. The smallest absolute Gasteiger partial charge is 0.342 e. The highest BCUT2D eigenvalue weighted by Crippen LogP contribution is 2.47. The van der Waals surface area contributed by atoms with E-state index in [1.807, 2.05) is 32.9 Å². The maximum Gasteiger partial charge on any atom is 0.342 e. The zero-order valence-electron chi connectivity index (χ0n) is 22.7. The fourth-order valence-electron chi connectivity index (χ4n) is 4.78. The highest BCUT2D eigenvalue weighted by atomic mass is 32.1. The van der Waals surface area contributed by atoms with E-state index in [9.17, 15) is 9.90 Å². The number of aliphatic hydroxyl groups is 1. The molecule has 2 heterocycles. The third-order valence-corrected chi connectivity index (χ3v) is 7.09. The Balaban J connectivity index is 1.69. The van der Waals surface area contributed by atoms with Crippen LogP contribution in [0.2, 0.25) is 0 Å². The van der Waals surface area contributed by atoms with Crippen molar-refractivity contribution in [2.75, 3.05) is 26.9 Å². The molecule has 40 heavy (non-hydrogen) atoms. The summed E-state index contributed by atoms with van der Waals surface area (Å²) in [6, 6.07) is 15.8. The van der Waals surface area contributed by atoms with Gasteiger partial charge >= 0.3 is 5.97 Å². The van der Waals surface area contributed by atoms with Crippen LogP contribution >= 0.6 is 11.7 Å². The monoisotopic (exact) mass is 562 g/mol. The van der Waals surface area contributed by atoms with Crippen LogP contribution in [0.1, 0.15) is 37.5 Å².